The van der Waals surface area contributed by atoms with Crippen LogP contribution in [0.25, 0.3) is 0 Å². The predicted octanol–water partition coefficient (Wildman–Crippen LogP) is -0.298. The normalized spacial score (nSPS) is 5.67. The Bertz CT molecular complexity index is 37.8. The van der Waals surface area contributed by atoms with Crippen LogP contribution >= 0.6 is 0 Å². The largest absolute Gasteiger partial charge is 0.351 e. The molecule has 0 saturated carbocycles. The molecule has 0 radical (unpaired) electrons. The maximum Gasteiger partial charge on any atom is 0.209 e. The smallest absolute Gasteiger partial charge is 0.209 e. The molecule has 0 fully saturated rings. The second-order valence-electron chi connectivity index (χ2n) is 1.07. The zero-order valence-electron chi connectivity index (χ0n) is 3.93. The van der Waals surface area contributed by atoms with Gasteiger partial charge in [0.1, 0.15) is 0 Å². The van der Waals surface area contributed by atoms with E-state index in [1.165, 1.54) is 4.90 Å². The summed E-state index contributed by atoms with van der Waals surface area (Å²) >= 11 is 0. The van der Waals surface area contributed by atoms with E-state index in [0.717, 1.165) is 6.41 Å². The van der Waals surface area contributed by atoms with E-state index >= 15 is 0 Å². The Labute approximate surface area is 56.6 Å². The minimum Gasteiger partial charge on any atom is -0.351 e. The summed E-state index contributed by atoms with van der Waals surface area (Å²) in [5.41, 5.74) is 0. The molecule has 0 aromatic rings. The van der Waals surface area contributed by atoms with Crippen molar-refractivity contribution < 1.29 is 31.0 Å². The van der Waals surface area contributed by atoms with Crippen molar-refractivity contribution >= 4 is 6.41 Å². The SMILES string of the molecule is CN(C)C=O.[Zr]. The van der Waals surface area contributed by atoms with Crippen LogP contribution in [0.5, 0.6) is 0 Å². The molecule has 0 saturated heterocycles. The summed E-state index contributed by atoms with van der Waals surface area (Å²) in [5, 5.41) is 0. The van der Waals surface area contributed by atoms with E-state index in [-0.39, 0.29) is 26.2 Å². The number of nitrogens with zero attached hydrogens (tertiary/aromatic N) is 1. The van der Waals surface area contributed by atoms with Crippen LogP contribution in [-0.4, -0.2) is 25.4 Å². The number of rotatable bonds is 1. The number of amides is 1. The van der Waals surface area contributed by atoms with Crippen molar-refractivity contribution in [2.45, 2.75) is 0 Å². The standard InChI is InChI=1S/C3H7NO.Zr/c1-4(2)3-5;/h3H,1-2H3;. The summed E-state index contributed by atoms with van der Waals surface area (Å²) < 4.78 is 0. The van der Waals surface area contributed by atoms with Crippen LogP contribution in [-0.2, 0) is 31.0 Å². The molecule has 6 heavy (non-hydrogen) atoms. The van der Waals surface area contributed by atoms with E-state index in [0.29, 0.717) is 0 Å². The molecule has 0 unspecified atom stereocenters. The van der Waals surface area contributed by atoms with Gasteiger partial charge in [-0.1, -0.05) is 0 Å². The molecule has 2 nitrogen and oxygen atoms in total. The van der Waals surface area contributed by atoms with E-state index in [4.69, 9.17) is 0 Å². The molecule has 0 heterocycles. The second kappa shape index (κ2) is 5.35. The third kappa shape index (κ3) is 8.84. The monoisotopic (exact) mass is 163 g/mol. The Hall–Kier alpha value is 0.353. The average Bonchev–Trinajstić information content (AvgIpc) is 1.38. The van der Waals surface area contributed by atoms with Gasteiger partial charge in [0, 0.05) is 40.3 Å². The Kier molecular flexibility index (Phi) is 8.57. The minimum atomic E-state index is 0. The first-order chi connectivity index (χ1) is 2.27. The first-order valence-electron chi connectivity index (χ1n) is 1.39. The Morgan fingerprint density at radius 2 is 1.67 bits per heavy atom. The first-order valence-corrected chi connectivity index (χ1v) is 1.39. The minimum absolute atomic E-state index is 0. The predicted molar refractivity (Wildman–Crippen MR) is 19.8 cm³/mol. The summed E-state index contributed by atoms with van der Waals surface area (Å²) in [6, 6.07) is 0. The van der Waals surface area contributed by atoms with Crippen LogP contribution in [0.15, 0.2) is 0 Å². The molecule has 3 heteroatoms. The van der Waals surface area contributed by atoms with Gasteiger partial charge in [0.05, 0.1) is 0 Å². The molecular weight excluding hydrogens is 157 g/mol. The van der Waals surface area contributed by atoms with Crippen LogP contribution in [0.2, 0.25) is 0 Å². The van der Waals surface area contributed by atoms with E-state index in [2.05, 4.69) is 0 Å². The second-order valence-corrected chi connectivity index (χ2v) is 1.07. The molecule has 0 N–H and O–H groups in total. The van der Waals surface area contributed by atoms with Crippen LogP contribution in [0, 0.1) is 0 Å². The quantitative estimate of drug-likeness (QED) is 0.487. The van der Waals surface area contributed by atoms with Gasteiger partial charge in [0.25, 0.3) is 0 Å². The molecular formula is C3H7NOZr. The van der Waals surface area contributed by atoms with Crippen molar-refractivity contribution in [3.8, 4) is 0 Å². The maximum atomic E-state index is 9.43. The number of hydrogen-bond donors (Lipinski definition) is 0. The molecule has 0 aliphatic rings. The van der Waals surface area contributed by atoms with E-state index in [9.17, 15) is 4.79 Å². The van der Waals surface area contributed by atoms with Gasteiger partial charge in [-0.2, -0.15) is 0 Å². The van der Waals surface area contributed by atoms with Crippen molar-refractivity contribution in [2.75, 3.05) is 14.1 Å². The fraction of sp³-hybridized carbons (Fsp3) is 0.667. The van der Waals surface area contributed by atoms with Gasteiger partial charge >= 0.3 is 0 Å². The average molecular weight is 164 g/mol. The number of hydrogen-bond acceptors (Lipinski definition) is 1. The summed E-state index contributed by atoms with van der Waals surface area (Å²) in [6.45, 7) is 0. The zero-order valence-corrected chi connectivity index (χ0v) is 6.39. The zero-order chi connectivity index (χ0) is 4.28. The van der Waals surface area contributed by atoms with Crippen LogP contribution in [0.1, 0.15) is 0 Å². The molecule has 0 rings (SSSR count). The summed E-state index contributed by atoms with van der Waals surface area (Å²) in [6.07, 6.45) is 0.750. The third-order valence-electron chi connectivity index (χ3n) is 0.211. The Morgan fingerprint density at radius 1 is 1.50 bits per heavy atom. The topological polar surface area (TPSA) is 20.3 Å². The first kappa shape index (κ1) is 9.61. The number of carbonyl (C=O) groups excluding carboxylic acids is 1. The summed E-state index contributed by atoms with van der Waals surface area (Å²) in [7, 11) is 3.38. The number of carbonyl (C=O) groups is 1. The van der Waals surface area contributed by atoms with E-state index < -0.39 is 0 Å². The van der Waals surface area contributed by atoms with Crippen molar-refractivity contribution in [3.05, 3.63) is 0 Å². The maximum absolute atomic E-state index is 9.43. The molecule has 0 bridgehead atoms. The van der Waals surface area contributed by atoms with Crippen LogP contribution < -0.4 is 0 Å². The van der Waals surface area contributed by atoms with Gasteiger partial charge in [-0.05, 0) is 0 Å². The molecule has 0 aliphatic heterocycles. The van der Waals surface area contributed by atoms with Crippen molar-refractivity contribution in [2.24, 2.45) is 0 Å². The fourth-order valence-corrected chi connectivity index (χ4v) is 0. The summed E-state index contributed by atoms with van der Waals surface area (Å²) in [4.78, 5) is 10.9. The van der Waals surface area contributed by atoms with Crippen LogP contribution in [0.4, 0.5) is 0 Å². The van der Waals surface area contributed by atoms with Crippen molar-refractivity contribution in [1.82, 2.24) is 4.90 Å². The van der Waals surface area contributed by atoms with Gasteiger partial charge in [-0.3, -0.25) is 4.79 Å². The van der Waals surface area contributed by atoms with Gasteiger partial charge in [-0.25, -0.2) is 0 Å². The van der Waals surface area contributed by atoms with E-state index in [1.54, 1.807) is 14.1 Å². The van der Waals surface area contributed by atoms with Gasteiger partial charge in [-0.15, -0.1) is 0 Å². The Balaban J connectivity index is 0. The molecule has 34 valence electrons. The third-order valence-corrected chi connectivity index (χ3v) is 0.211. The fourth-order valence-electron chi connectivity index (χ4n) is 0. The van der Waals surface area contributed by atoms with Gasteiger partial charge in [0.15, 0.2) is 0 Å². The molecule has 0 aliphatic carbocycles. The van der Waals surface area contributed by atoms with Crippen LogP contribution in [0.3, 0.4) is 0 Å². The molecule has 0 atom stereocenters. The molecule has 1 amide bonds. The molecule has 0 aromatic heterocycles. The van der Waals surface area contributed by atoms with E-state index in [1.807, 2.05) is 0 Å². The van der Waals surface area contributed by atoms with Gasteiger partial charge in [0.2, 0.25) is 6.41 Å². The van der Waals surface area contributed by atoms with Gasteiger partial charge < -0.3 is 4.90 Å². The summed E-state index contributed by atoms with van der Waals surface area (Å²) in [5.74, 6) is 0. The van der Waals surface area contributed by atoms with Crippen molar-refractivity contribution in [1.29, 1.82) is 0 Å². The molecule has 0 aromatic carbocycles. The Morgan fingerprint density at radius 3 is 1.67 bits per heavy atom. The van der Waals surface area contributed by atoms with Crippen molar-refractivity contribution in [3.63, 3.8) is 0 Å². The molecule has 0 spiro atoms.